The second-order valence-corrected chi connectivity index (χ2v) is 5.90. The standard InChI is InChI=1S/C16H11BrClN3O/c17-12-5-6-15(14(18)10-12)20-16(22)11-3-1-4-13(9-11)21-8-2-7-19-21/h1-10H,(H,20,22). The Balaban J connectivity index is 1.85. The quantitative estimate of drug-likeness (QED) is 0.729. The van der Waals surface area contributed by atoms with E-state index in [1.807, 2.05) is 30.5 Å². The van der Waals surface area contributed by atoms with Gasteiger partial charge in [0.25, 0.3) is 5.91 Å². The smallest absolute Gasteiger partial charge is 0.255 e. The van der Waals surface area contributed by atoms with E-state index in [0.29, 0.717) is 16.3 Å². The Hall–Kier alpha value is -2.11. The molecule has 110 valence electrons. The van der Waals surface area contributed by atoms with E-state index in [1.165, 1.54) is 0 Å². The van der Waals surface area contributed by atoms with Gasteiger partial charge in [0.2, 0.25) is 0 Å². The van der Waals surface area contributed by atoms with Crippen molar-refractivity contribution in [3.05, 3.63) is 76.0 Å². The van der Waals surface area contributed by atoms with Gasteiger partial charge in [0, 0.05) is 22.4 Å². The van der Waals surface area contributed by atoms with Crippen LogP contribution in [0.15, 0.2) is 65.4 Å². The van der Waals surface area contributed by atoms with Gasteiger partial charge in [-0.25, -0.2) is 4.68 Å². The third kappa shape index (κ3) is 3.21. The lowest BCUT2D eigenvalue weighted by atomic mass is 10.2. The number of carbonyl (C=O) groups excluding carboxylic acids is 1. The van der Waals surface area contributed by atoms with Crippen molar-refractivity contribution in [3.8, 4) is 5.69 Å². The predicted octanol–water partition coefficient (Wildman–Crippen LogP) is 4.54. The SMILES string of the molecule is O=C(Nc1ccc(Br)cc1Cl)c1cccc(-n2cccn2)c1. The molecule has 0 unspecified atom stereocenters. The summed E-state index contributed by atoms with van der Waals surface area (Å²) in [5.41, 5.74) is 1.92. The number of anilines is 1. The number of halogens is 2. The first kappa shape index (κ1) is 14.8. The summed E-state index contributed by atoms with van der Waals surface area (Å²) in [5.74, 6) is -0.224. The van der Waals surface area contributed by atoms with Crippen LogP contribution in [0.2, 0.25) is 5.02 Å². The Morgan fingerprint density at radius 3 is 2.77 bits per heavy atom. The van der Waals surface area contributed by atoms with E-state index in [4.69, 9.17) is 11.6 Å². The highest BCUT2D eigenvalue weighted by Crippen LogP contribution is 2.26. The molecule has 22 heavy (non-hydrogen) atoms. The minimum Gasteiger partial charge on any atom is -0.321 e. The van der Waals surface area contributed by atoms with Crippen molar-refractivity contribution in [2.24, 2.45) is 0 Å². The maximum atomic E-state index is 12.4. The van der Waals surface area contributed by atoms with Crippen LogP contribution < -0.4 is 5.32 Å². The highest BCUT2D eigenvalue weighted by Gasteiger charge is 2.10. The van der Waals surface area contributed by atoms with Crippen LogP contribution in [0.4, 0.5) is 5.69 Å². The number of amides is 1. The van der Waals surface area contributed by atoms with Gasteiger partial charge >= 0.3 is 0 Å². The first-order chi connectivity index (χ1) is 10.6. The fraction of sp³-hybridized carbons (Fsp3) is 0. The lowest BCUT2D eigenvalue weighted by molar-refractivity contribution is 0.102. The molecule has 3 rings (SSSR count). The maximum Gasteiger partial charge on any atom is 0.255 e. The minimum atomic E-state index is -0.224. The zero-order chi connectivity index (χ0) is 15.5. The van der Waals surface area contributed by atoms with E-state index in [9.17, 15) is 4.79 Å². The number of hydrogen-bond acceptors (Lipinski definition) is 2. The molecule has 0 saturated carbocycles. The summed E-state index contributed by atoms with van der Waals surface area (Å²) in [7, 11) is 0. The highest BCUT2D eigenvalue weighted by molar-refractivity contribution is 9.10. The molecule has 0 saturated heterocycles. The molecule has 0 spiro atoms. The second-order valence-electron chi connectivity index (χ2n) is 4.58. The van der Waals surface area contributed by atoms with E-state index >= 15 is 0 Å². The van der Waals surface area contributed by atoms with Gasteiger partial charge in [0.05, 0.1) is 16.4 Å². The van der Waals surface area contributed by atoms with E-state index in [0.717, 1.165) is 10.2 Å². The van der Waals surface area contributed by atoms with E-state index in [-0.39, 0.29) is 5.91 Å². The summed E-state index contributed by atoms with van der Waals surface area (Å²) in [5, 5.41) is 7.44. The number of nitrogens with one attached hydrogen (secondary N) is 1. The first-order valence-corrected chi connectivity index (χ1v) is 7.67. The molecule has 6 heteroatoms. The molecule has 1 amide bonds. The molecular weight excluding hydrogens is 366 g/mol. The van der Waals surface area contributed by atoms with E-state index in [2.05, 4.69) is 26.3 Å². The highest BCUT2D eigenvalue weighted by atomic mass is 79.9. The maximum absolute atomic E-state index is 12.4. The summed E-state index contributed by atoms with van der Waals surface area (Å²) in [4.78, 5) is 12.4. The van der Waals surface area contributed by atoms with Gasteiger partial charge in [-0.2, -0.15) is 5.10 Å². The van der Waals surface area contributed by atoms with Gasteiger partial charge in [-0.1, -0.05) is 33.6 Å². The molecule has 0 bridgehead atoms. The molecule has 0 aliphatic carbocycles. The minimum absolute atomic E-state index is 0.224. The molecule has 0 radical (unpaired) electrons. The van der Waals surface area contributed by atoms with Gasteiger partial charge < -0.3 is 5.32 Å². The van der Waals surface area contributed by atoms with Crippen LogP contribution in [0.25, 0.3) is 5.69 Å². The Morgan fingerprint density at radius 1 is 1.18 bits per heavy atom. The molecule has 0 atom stereocenters. The van der Waals surface area contributed by atoms with Crippen molar-refractivity contribution >= 4 is 39.1 Å². The lowest BCUT2D eigenvalue weighted by Gasteiger charge is -2.09. The average Bonchev–Trinajstić information content (AvgIpc) is 3.04. The number of hydrogen-bond donors (Lipinski definition) is 1. The molecule has 2 aromatic carbocycles. The fourth-order valence-corrected chi connectivity index (χ4v) is 2.72. The monoisotopic (exact) mass is 375 g/mol. The number of rotatable bonds is 3. The van der Waals surface area contributed by atoms with Crippen molar-refractivity contribution in [3.63, 3.8) is 0 Å². The normalized spacial score (nSPS) is 10.5. The Morgan fingerprint density at radius 2 is 2.05 bits per heavy atom. The van der Waals surface area contributed by atoms with Crippen molar-refractivity contribution in [2.45, 2.75) is 0 Å². The zero-order valence-electron chi connectivity index (χ0n) is 11.3. The Labute approximate surface area is 140 Å². The van der Waals surface area contributed by atoms with Gasteiger partial charge in [-0.3, -0.25) is 4.79 Å². The van der Waals surface area contributed by atoms with Crippen molar-refractivity contribution in [1.82, 2.24) is 9.78 Å². The van der Waals surface area contributed by atoms with E-state index in [1.54, 1.807) is 35.1 Å². The summed E-state index contributed by atoms with van der Waals surface area (Å²) in [6.45, 7) is 0. The molecule has 4 nitrogen and oxygen atoms in total. The van der Waals surface area contributed by atoms with Crippen molar-refractivity contribution in [1.29, 1.82) is 0 Å². The number of carbonyl (C=O) groups is 1. The number of aromatic nitrogens is 2. The molecular formula is C16H11BrClN3O. The number of nitrogens with zero attached hydrogens (tertiary/aromatic N) is 2. The van der Waals surface area contributed by atoms with E-state index < -0.39 is 0 Å². The third-order valence-electron chi connectivity index (χ3n) is 3.06. The summed E-state index contributed by atoms with van der Waals surface area (Å²) >= 11 is 9.45. The van der Waals surface area contributed by atoms with Crippen LogP contribution in [0.1, 0.15) is 10.4 Å². The van der Waals surface area contributed by atoms with Crippen LogP contribution in [0.3, 0.4) is 0 Å². The van der Waals surface area contributed by atoms with Gasteiger partial charge in [0.1, 0.15) is 0 Å². The summed E-state index contributed by atoms with van der Waals surface area (Å²) in [6, 6.07) is 14.4. The van der Waals surface area contributed by atoms with Gasteiger partial charge in [-0.15, -0.1) is 0 Å². The first-order valence-electron chi connectivity index (χ1n) is 6.50. The molecule has 1 N–H and O–H groups in total. The Kier molecular flexibility index (Phi) is 4.27. The van der Waals surface area contributed by atoms with Gasteiger partial charge in [0.15, 0.2) is 0 Å². The average molecular weight is 377 g/mol. The molecule has 0 aliphatic rings. The molecule has 1 aromatic heterocycles. The van der Waals surface area contributed by atoms with Crippen LogP contribution in [0.5, 0.6) is 0 Å². The fourth-order valence-electron chi connectivity index (χ4n) is 2.00. The molecule has 3 aromatic rings. The molecule has 0 aliphatic heterocycles. The topological polar surface area (TPSA) is 46.9 Å². The summed E-state index contributed by atoms with van der Waals surface area (Å²) in [6.07, 6.45) is 3.51. The largest absolute Gasteiger partial charge is 0.321 e. The second kappa shape index (κ2) is 6.34. The predicted molar refractivity (Wildman–Crippen MR) is 90.7 cm³/mol. The number of benzene rings is 2. The van der Waals surface area contributed by atoms with Crippen LogP contribution in [-0.2, 0) is 0 Å². The summed E-state index contributed by atoms with van der Waals surface area (Å²) < 4.78 is 2.56. The van der Waals surface area contributed by atoms with Crippen LogP contribution >= 0.6 is 27.5 Å². The third-order valence-corrected chi connectivity index (χ3v) is 3.86. The van der Waals surface area contributed by atoms with Crippen molar-refractivity contribution < 1.29 is 4.79 Å². The van der Waals surface area contributed by atoms with Crippen LogP contribution in [-0.4, -0.2) is 15.7 Å². The Bertz CT molecular complexity index is 818. The lowest BCUT2D eigenvalue weighted by Crippen LogP contribution is -2.12. The molecule has 0 fully saturated rings. The molecule has 1 heterocycles. The van der Waals surface area contributed by atoms with Gasteiger partial charge in [-0.05, 0) is 42.5 Å². The van der Waals surface area contributed by atoms with Crippen molar-refractivity contribution in [2.75, 3.05) is 5.32 Å². The zero-order valence-corrected chi connectivity index (χ0v) is 13.7. The van der Waals surface area contributed by atoms with Crippen LogP contribution in [0, 0.1) is 0 Å².